The number of aryl methyl sites for hydroxylation is 1. The molecule has 1 N–H and O–H groups in total. The number of carbonyl (C=O) groups excluding carboxylic acids is 1. The lowest BCUT2D eigenvalue weighted by molar-refractivity contribution is -0.115. The summed E-state index contributed by atoms with van der Waals surface area (Å²) < 4.78 is 7.03. The second kappa shape index (κ2) is 7.19. The van der Waals surface area contributed by atoms with Gasteiger partial charge in [-0.3, -0.25) is 15.1 Å². The average Bonchev–Trinajstić information content (AvgIpc) is 3.19. The van der Waals surface area contributed by atoms with Crippen molar-refractivity contribution in [3.8, 4) is 0 Å². The van der Waals surface area contributed by atoms with E-state index in [0.29, 0.717) is 19.0 Å². The van der Waals surface area contributed by atoms with Gasteiger partial charge in [0.1, 0.15) is 5.01 Å². The Morgan fingerprint density at radius 2 is 2.08 bits per heavy atom. The largest absolute Gasteiger partial charge is 0.370 e. The molecule has 7 heteroatoms. The highest BCUT2D eigenvalue weighted by atomic mass is 32.2. The van der Waals surface area contributed by atoms with E-state index in [-0.39, 0.29) is 11.1 Å². The minimum atomic E-state index is -0.0574. The molecule has 1 aliphatic rings. The van der Waals surface area contributed by atoms with Crippen molar-refractivity contribution in [3.63, 3.8) is 0 Å². The second-order valence-corrected chi connectivity index (χ2v) is 8.10. The van der Waals surface area contributed by atoms with Gasteiger partial charge < -0.3 is 4.74 Å². The Labute approximate surface area is 159 Å². The Kier molecular flexibility index (Phi) is 4.76. The van der Waals surface area contributed by atoms with Gasteiger partial charge in [-0.15, -0.1) is 11.3 Å². The first kappa shape index (κ1) is 17.2. The van der Waals surface area contributed by atoms with Crippen LogP contribution in [-0.2, 0) is 22.7 Å². The summed E-state index contributed by atoms with van der Waals surface area (Å²) in [7, 11) is 0. The van der Waals surface area contributed by atoms with Crippen LogP contribution in [0.5, 0.6) is 0 Å². The highest BCUT2D eigenvalue weighted by molar-refractivity contribution is 8.15. The predicted molar refractivity (Wildman–Crippen MR) is 107 cm³/mol. The number of aromatic nitrogens is 1. The number of fused-ring (bicyclic) bond motifs is 1. The Bertz CT molecular complexity index is 950. The Morgan fingerprint density at radius 3 is 2.85 bits per heavy atom. The molecule has 0 saturated carbocycles. The number of hydrogen-bond donors (Lipinski definition) is 1. The molecule has 0 unspecified atom stereocenters. The third kappa shape index (κ3) is 3.38. The van der Waals surface area contributed by atoms with E-state index in [1.165, 1.54) is 16.7 Å². The van der Waals surface area contributed by atoms with Crippen LogP contribution in [0.1, 0.15) is 16.1 Å². The van der Waals surface area contributed by atoms with E-state index in [1.807, 2.05) is 43.3 Å². The number of amides is 1. The van der Waals surface area contributed by atoms with Crippen LogP contribution in [0, 0.1) is 12.3 Å². The molecule has 132 valence electrons. The Hall–Kier alpha value is -2.22. The standard InChI is InChI=1S/C19H17N3O2S2/c1-12-6-7-13(15(8-12)22-18(23)11-25-19(22)20)9-24-10-17-21-14-4-2-3-5-16(14)26-17/h2-8,20H,9-11H2,1H3. The van der Waals surface area contributed by atoms with Crippen molar-refractivity contribution in [2.45, 2.75) is 20.1 Å². The van der Waals surface area contributed by atoms with E-state index in [1.54, 1.807) is 11.3 Å². The highest BCUT2D eigenvalue weighted by Crippen LogP contribution is 2.30. The predicted octanol–water partition coefficient (Wildman–Crippen LogP) is 4.34. The fraction of sp³-hybridized carbons (Fsp3) is 0.211. The quantitative estimate of drug-likeness (QED) is 0.712. The van der Waals surface area contributed by atoms with Crippen LogP contribution in [0.3, 0.4) is 0 Å². The molecule has 5 nitrogen and oxygen atoms in total. The Balaban J connectivity index is 1.51. The van der Waals surface area contributed by atoms with Crippen molar-refractivity contribution in [1.29, 1.82) is 5.41 Å². The van der Waals surface area contributed by atoms with Crippen LogP contribution in [0.2, 0.25) is 0 Å². The van der Waals surface area contributed by atoms with E-state index >= 15 is 0 Å². The SMILES string of the molecule is Cc1ccc(COCc2nc3ccccc3s2)c(N2C(=N)SCC2=O)c1. The third-order valence-corrected chi connectivity index (χ3v) is 5.95. The minimum Gasteiger partial charge on any atom is -0.370 e. The number of amidine groups is 1. The average molecular weight is 383 g/mol. The number of thioether (sulfide) groups is 1. The summed E-state index contributed by atoms with van der Waals surface area (Å²) in [5, 5.41) is 9.24. The summed E-state index contributed by atoms with van der Waals surface area (Å²) >= 11 is 2.88. The molecule has 0 aliphatic carbocycles. The van der Waals surface area contributed by atoms with Crippen LogP contribution in [-0.4, -0.2) is 21.8 Å². The number of nitrogens with zero attached hydrogens (tertiary/aromatic N) is 2. The van der Waals surface area contributed by atoms with Gasteiger partial charge in [0.15, 0.2) is 5.17 Å². The van der Waals surface area contributed by atoms with E-state index in [0.717, 1.165) is 32.0 Å². The van der Waals surface area contributed by atoms with E-state index in [4.69, 9.17) is 10.1 Å². The minimum absolute atomic E-state index is 0.0574. The van der Waals surface area contributed by atoms with Crippen LogP contribution in [0.25, 0.3) is 10.2 Å². The molecule has 1 fully saturated rings. The lowest BCUT2D eigenvalue weighted by Gasteiger charge is -2.19. The fourth-order valence-electron chi connectivity index (χ4n) is 2.85. The summed E-state index contributed by atoms with van der Waals surface area (Å²) in [6.07, 6.45) is 0. The first-order valence-electron chi connectivity index (χ1n) is 8.18. The molecular formula is C19H17N3O2S2. The van der Waals surface area contributed by atoms with Gasteiger partial charge >= 0.3 is 0 Å². The molecule has 2 heterocycles. The summed E-state index contributed by atoms with van der Waals surface area (Å²) in [6, 6.07) is 13.9. The Morgan fingerprint density at radius 1 is 1.23 bits per heavy atom. The molecule has 2 aromatic carbocycles. The molecular weight excluding hydrogens is 366 g/mol. The lowest BCUT2D eigenvalue weighted by Crippen LogP contribution is -2.29. The maximum absolute atomic E-state index is 12.2. The number of anilines is 1. The zero-order valence-electron chi connectivity index (χ0n) is 14.2. The molecule has 1 aliphatic heterocycles. The number of carbonyl (C=O) groups is 1. The lowest BCUT2D eigenvalue weighted by atomic mass is 10.1. The molecule has 1 saturated heterocycles. The molecule has 0 atom stereocenters. The van der Waals surface area contributed by atoms with Crippen molar-refractivity contribution in [3.05, 3.63) is 58.6 Å². The van der Waals surface area contributed by atoms with Gasteiger partial charge in [-0.25, -0.2) is 4.98 Å². The number of rotatable bonds is 5. The summed E-state index contributed by atoms with van der Waals surface area (Å²) in [5.41, 5.74) is 3.68. The van der Waals surface area contributed by atoms with Crippen molar-refractivity contribution in [2.24, 2.45) is 0 Å². The zero-order valence-corrected chi connectivity index (χ0v) is 15.8. The number of nitrogens with one attached hydrogen (secondary N) is 1. The third-order valence-electron chi connectivity index (χ3n) is 4.09. The monoisotopic (exact) mass is 383 g/mol. The molecule has 3 aromatic rings. The van der Waals surface area contributed by atoms with Crippen LogP contribution < -0.4 is 4.90 Å². The smallest absolute Gasteiger partial charge is 0.243 e. The maximum Gasteiger partial charge on any atom is 0.243 e. The van der Waals surface area contributed by atoms with Crippen LogP contribution >= 0.6 is 23.1 Å². The first-order valence-corrected chi connectivity index (χ1v) is 9.98. The van der Waals surface area contributed by atoms with Crippen molar-refractivity contribution >= 4 is 50.1 Å². The van der Waals surface area contributed by atoms with Gasteiger partial charge in [-0.05, 0) is 30.7 Å². The summed E-state index contributed by atoms with van der Waals surface area (Å²) in [5.74, 6) is 0.261. The molecule has 4 rings (SSSR count). The molecule has 1 aromatic heterocycles. The van der Waals surface area contributed by atoms with Crippen molar-refractivity contribution < 1.29 is 9.53 Å². The van der Waals surface area contributed by atoms with Crippen molar-refractivity contribution in [1.82, 2.24) is 4.98 Å². The molecule has 0 spiro atoms. The van der Waals surface area contributed by atoms with Gasteiger partial charge in [-0.1, -0.05) is 36.0 Å². The number of para-hydroxylation sites is 1. The molecule has 0 bridgehead atoms. The first-order chi connectivity index (χ1) is 12.6. The van der Waals surface area contributed by atoms with Gasteiger partial charge in [-0.2, -0.15) is 0 Å². The number of ether oxygens (including phenoxy) is 1. The number of hydrogen-bond acceptors (Lipinski definition) is 6. The second-order valence-electron chi connectivity index (χ2n) is 6.02. The fourth-order valence-corrected chi connectivity index (χ4v) is 4.47. The highest BCUT2D eigenvalue weighted by Gasteiger charge is 2.30. The number of thiazole rings is 1. The van der Waals surface area contributed by atoms with E-state index in [2.05, 4.69) is 11.1 Å². The number of benzene rings is 2. The van der Waals surface area contributed by atoms with Gasteiger partial charge in [0.25, 0.3) is 0 Å². The summed E-state index contributed by atoms with van der Waals surface area (Å²) in [6.45, 7) is 2.77. The van der Waals surface area contributed by atoms with Crippen LogP contribution in [0.15, 0.2) is 42.5 Å². The van der Waals surface area contributed by atoms with E-state index < -0.39 is 0 Å². The van der Waals surface area contributed by atoms with Gasteiger partial charge in [0, 0.05) is 5.56 Å². The molecule has 0 radical (unpaired) electrons. The normalized spacial score (nSPS) is 14.6. The van der Waals surface area contributed by atoms with Crippen LogP contribution in [0.4, 0.5) is 5.69 Å². The summed E-state index contributed by atoms with van der Waals surface area (Å²) in [4.78, 5) is 18.2. The zero-order chi connectivity index (χ0) is 18.1. The maximum atomic E-state index is 12.2. The van der Waals surface area contributed by atoms with Gasteiger partial charge in [0.2, 0.25) is 5.91 Å². The van der Waals surface area contributed by atoms with Crippen molar-refractivity contribution in [2.75, 3.05) is 10.7 Å². The molecule has 1 amide bonds. The van der Waals surface area contributed by atoms with E-state index in [9.17, 15) is 4.79 Å². The molecule has 26 heavy (non-hydrogen) atoms. The topological polar surface area (TPSA) is 66.3 Å². The van der Waals surface area contributed by atoms with Gasteiger partial charge in [0.05, 0.1) is 34.9 Å².